The molecule has 2 amide bonds. The molecule has 1 saturated heterocycles. The van der Waals surface area contributed by atoms with Crippen LogP contribution in [-0.2, 0) is 4.79 Å². The summed E-state index contributed by atoms with van der Waals surface area (Å²) >= 11 is 5.96. The first kappa shape index (κ1) is 19.6. The van der Waals surface area contributed by atoms with Gasteiger partial charge in [0.25, 0.3) is 5.91 Å². The first-order chi connectivity index (χ1) is 11.6. The lowest BCUT2D eigenvalue weighted by molar-refractivity contribution is -0.161. The fourth-order valence-electron chi connectivity index (χ4n) is 2.98. The summed E-state index contributed by atoms with van der Waals surface area (Å²) in [5.74, 6) is -1.05. The molecule has 138 valence electrons. The summed E-state index contributed by atoms with van der Waals surface area (Å²) < 4.78 is 37.6. The Bertz CT molecular complexity index is 664. The maximum Gasteiger partial charge on any atom is 0.406 e. The van der Waals surface area contributed by atoms with Gasteiger partial charge in [-0.2, -0.15) is 13.2 Å². The molecule has 0 aromatic heterocycles. The van der Waals surface area contributed by atoms with Gasteiger partial charge in [-0.15, -0.1) is 0 Å². The van der Waals surface area contributed by atoms with Crippen LogP contribution in [0, 0.1) is 6.92 Å². The van der Waals surface area contributed by atoms with Crippen molar-refractivity contribution in [2.45, 2.75) is 38.4 Å². The van der Waals surface area contributed by atoms with Crippen molar-refractivity contribution in [2.75, 3.05) is 20.1 Å². The number of likely N-dealkylation sites (N-methyl/N-ethyl adjacent to an activating group) is 1. The number of halogens is 4. The zero-order chi connectivity index (χ0) is 18.8. The summed E-state index contributed by atoms with van der Waals surface area (Å²) in [5.41, 5.74) is 1.10. The van der Waals surface area contributed by atoms with Gasteiger partial charge < -0.3 is 9.80 Å². The van der Waals surface area contributed by atoms with Crippen molar-refractivity contribution in [2.24, 2.45) is 0 Å². The molecule has 0 radical (unpaired) electrons. The van der Waals surface area contributed by atoms with E-state index in [1.165, 1.54) is 4.90 Å². The van der Waals surface area contributed by atoms with Gasteiger partial charge >= 0.3 is 6.18 Å². The van der Waals surface area contributed by atoms with Crippen LogP contribution >= 0.6 is 11.6 Å². The van der Waals surface area contributed by atoms with Gasteiger partial charge in [0.05, 0.1) is 0 Å². The van der Waals surface area contributed by atoms with Crippen molar-refractivity contribution in [3.05, 3.63) is 34.3 Å². The lowest BCUT2D eigenvalue weighted by atomic mass is 9.99. The number of aryl methyl sites for hydroxylation is 1. The molecule has 1 aliphatic heterocycles. The molecule has 1 atom stereocenters. The van der Waals surface area contributed by atoms with Crippen molar-refractivity contribution in [3.8, 4) is 0 Å². The average molecular weight is 377 g/mol. The second-order valence-corrected chi connectivity index (χ2v) is 6.69. The summed E-state index contributed by atoms with van der Waals surface area (Å²) in [6.07, 6.45) is -2.70. The molecular weight excluding hydrogens is 357 g/mol. The number of rotatable bonds is 3. The van der Waals surface area contributed by atoms with Crippen LogP contribution < -0.4 is 0 Å². The maximum absolute atomic E-state index is 12.8. The van der Waals surface area contributed by atoms with E-state index in [1.807, 2.05) is 0 Å². The first-order valence-electron chi connectivity index (χ1n) is 7.99. The molecule has 25 heavy (non-hydrogen) atoms. The monoisotopic (exact) mass is 376 g/mol. The van der Waals surface area contributed by atoms with Crippen LogP contribution in [0.1, 0.15) is 35.2 Å². The predicted octanol–water partition coefficient (Wildman–Crippen LogP) is 3.66. The zero-order valence-corrected chi connectivity index (χ0v) is 14.8. The van der Waals surface area contributed by atoms with Gasteiger partial charge in [0.1, 0.15) is 12.6 Å². The van der Waals surface area contributed by atoms with Crippen LogP contribution in [0.4, 0.5) is 13.2 Å². The minimum atomic E-state index is -4.47. The van der Waals surface area contributed by atoms with Gasteiger partial charge in [0, 0.05) is 24.2 Å². The summed E-state index contributed by atoms with van der Waals surface area (Å²) in [4.78, 5) is 27.2. The Balaban J connectivity index is 2.20. The Hall–Kier alpha value is -1.76. The number of benzene rings is 1. The van der Waals surface area contributed by atoms with Crippen molar-refractivity contribution >= 4 is 23.4 Å². The van der Waals surface area contributed by atoms with E-state index in [1.54, 1.807) is 25.1 Å². The molecule has 1 aliphatic rings. The third kappa shape index (κ3) is 4.87. The molecule has 0 unspecified atom stereocenters. The fourth-order valence-corrected chi connectivity index (χ4v) is 3.09. The largest absolute Gasteiger partial charge is 0.406 e. The number of carbonyl (C=O) groups is 2. The molecule has 2 rings (SSSR count). The number of amides is 2. The predicted molar refractivity (Wildman–Crippen MR) is 88.6 cm³/mol. The molecule has 0 N–H and O–H groups in total. The van der Waals surface area contributed by atoms with E-state index in [-0.39, 0.29) is 5.91 Å². The second-order valence-electron chi connectivity index (χ2n) is 6.28. The minimum Gasteiger partial charge on any atom is -0.335 e. The minimum absolute atomic E-state index is 0.344. The molecule has 1 fully saturated rings. The Morgan fingerprint density at radius 2 is 2.00 bits per heavy atom. The van der Waals surface area contributed by atoms with E-state index in [0.29, 0.717) is 41.3 Å². The molecule has 0 spiro atoms. The third-order valence-electron chi connectivity index (χ3n) is 4.25. The summed E-state index contributed by atoms with van der Waals surface area (Å²) in [6, 6.07) is 3.92. The second kappa shape index (κ2) is 7.64. The summed E-state index contributed by atoms with van der Waals surface area (Å²) in [5, 5.41) is 0.521. The number of piperidine rings is 1. The van der Waals surface area contributed by atoms with Crippen LogP contribution in [-0.4, -0.2) is 54.0 Å². The van der Waals surface area contributed by atoms with E-state index in [0.717, 1.165) is 12.6 Å². The van der Waals surface area contributed by atoms with Crippen molar-refractivity contribution < 1.29 is 22.8 Å². The lowest BCUT2D eigenvalue weighted by Crippen LogP contribution is -2.53. The van der Waals surface area contributed by atoms with Crippen molar-refractivity contribution in [1.82, 2.24) is 9.80 Å². The molecule has 1 aromatic carbocycles. The van der Waals surface area contributed by atoms with Gasteiger partial charge in [-0.25, -0.2) is 0 Å². The standard InChI is InChI=1S/C17H20ClF3N2O2/c1-11-9-12(6-7-13(11)18)15(24)23-8-4-3-5-14(23)16(25)22(2)10-17(19,20)21/h6-7,9,14H,3-5,8,10H2,1-2H3/t14-/m1/s1. The number of carbonyl (C=O) groups excluding carboxylic acids is 2. The summed E-state index contributed by atoms with van der Waals surface area (Å²) in [7, 11) is 1.11. The number of hydrogen-bond donors (Lipinski definition) is 0. The molecule has 0 bridgehead atoms. The highest BCUT2D eigenvalue weighted by Crippen LogP contribution is 2.24. The highest BCUT2D eigenvalue weighted by atomic mass is 35.5. The number of hydrogen-bond acceptors (Lipinski definition) is 2. The Morgan fingerprint density at radius 3 is 2.60 bits per heavy atom. The topological polar surface area (TPSA) is 40.6 Å². The molecular formula is C17H20ClF3N2O2. The van der Waals surface area contributed by atoms with E-state index < -0.39 is 24.7 Å². The quantitative estimate of drug-likeness (QED) is 0.807. The van der Waals surface area contributed by atoms with Crippen LogP contribution in [0.15, 0.2) is 18.2 Å². The summed E-state index contributed by atoms with van der Waals surface area (Å²) in [6.45, 7) is 0.774. The number of nitrogens with zero attached hydrogens (tertiary/aromatic N) is 2. The van der Waals surface area contributed by atoms with Crippen LogP contribution in [0.3, 0.4) is 0 Å². The first-order valence-corrected chi connectivity index (χ1v) is 8.37. The zero-order valence-electron chi connectivity index (χ0n) is 14.1. The molecule has 0 saturated carbocycles. The fraction of sp³-hybridized carbons (Fsp3) is 0.529. The van der Waals surface area contributed by atoms with E-state index in [4.69, 9.17) is 11.6 Å². The number of likely N-dealkylation sites (tertiary alicyclic amines) is 1. The van der Waals surface area contributed by atoms with Gasteiger partial charge in [-0.3, -0.25) is 9.59 Å². The molecule has 0 aliphatic carbocycles. The Labute approximate surface area is 149 Å². The van der Waals surface area contributed by atoms with Gasteiger partial charge in [0.15, 0.2) is 0 Å². The Morgan fingerprint density at radius 1 is 1.32 bits per heavy atom. The van der Waals surface area contributed by atoms with E-state index >= 15 is 0 Å². The van der Waals surface area contributed by atoms with Crippen LogP contribution in [0.2, 0.25) is 5.02 Å². The van der Waals surface area contributed by atoms with Crippen molar-refractivity contribution in [3.63, 3.8) is 0 Å². The lowest BCUT2D eigenvalue weighted by Gasteiger charge is -2.37. The highest BCUT2D eigenvalue weighted by Gasteiger charge is 2.38. The SMILES string of the molecule is Cc1cc(C(=O)N2CCCC[C@@H]2C(=O)N(C)CC(F)(F)F)ccc1Cl. The smallest absolute Gasteiger partial charge is 0.335 e. The van der Waals surface area contributed by atoms with Gasteiger partial charge in [-0.05, 0) is 49.9 Å². The van der Waals surface area contributed by atoms with Gasteiger partial charge in [0.2, 0.25) is 5.91 Å². The normalized spacial score (nSPS) is 18.2. The maximum atomic E-state index is 12.8. The molecule has 1 heterocycles. The molecule has 1 aromatic rings. The van der Waals surface area contributed by atoms with Crippen LogP contribution in [0.5, 0.6) is 0 Å². The third-order valence-corrected chi connectivity index (χ3v) is 4.67. The Kier molecular flexibility index (Phi) is 5.98. The average Bonchev–Trinajstić information content (AvgIpc) is 2.54. The molecule has 8 heteroatoms. The highest BCUT2D eigenvalue weighted by molar-refractivity contribution is 6.31. The molecule has 4 nitrogen and oxygen atoms in total. The number of alkyl halides is 3. The van der Waals surface area contributed by atoms with E-state index in [2.05, 4.69) is 0 Å². The van der Waals surface area contributed by atoms with Gasteiger partial charge in [-0.1, -0.05) is 11.6 Å². The van der Waals surface area contributed by atoms with Crippen molar-refractivity contribution in [1.29, 1.82) is 0 Å². The van der Waals surface area contributed by atoms with E-state index in [9.17, 15) is 22.8 Å². The van der Waals surface area contributed by atoms with Crippen LogP contribution in [0.25, 0.3) is 0 Å².